The topological polar surface area (TPSA) is 12.0 Å². The van der Waals surface area contributed by atoms with Crippen LogP contribution in [-0.2, 0) is 0 Å². The lowest BCUT2D eigenvalue weighted by Crippen LogP contribution is -2.38. The van der Waals surface area contributed by atoms with E-state index < -0.39 is 12.6 Å². The third-order valence-corrected chi connectivity index (χ3v) is 3.04. The molecule has 1 aliphatic rings. The first-order chi connectivity index (χ1) is 6.53. The van der Waals surface area contributed by atoms with Gasteiger partial charge in [-0.3, -0.25) is 0 Å². The zero-order valence-corrected chi connectivity index (χ0v) is 8.53. The van der Waals surface area contributed by atoms with Crippen molar-refractivity contribution in [1.82, 2.24) is 5.32 Å². The Labute approximate surface area is 83.1 Å². The molecule has 1 aliphatic carbocycles. The van der Waals surface area contributed by atoms with E-state index in [1.807, 2.05) is 0 Å². The summed E-state index contributed by atoms with van der Waals surface area (Å²) in [6.45, 7) is 0. The summed E-state index contributed by atoms with van der Waals surface area (Å²) in [5.74, 6) is 0.218. The molecule has 1 N–H and O–H groups in total. The van der Waals surface area contributed by atoms with Crippen LogP contribution >= 0.6 is 0 Å². The van der Waals surface area contributed by atoms with Gasteiger partial charge in [-0.15, -0.1) is 0 Å². The van der Waals surface area contributed by atoms with Gasteiger partial charge in [0.25, 0.3) is 0 Å². The van der Waals surface area contributed by atoms with Crippen LogP contribution in [0.25, 0.3) is 0 Å². The summed E-state index contributed by atoms with van der Waals surface area (Å²) in [4.78, 5) is 0. The molecule has 4 heteroatoms. The predicted molar refractivity (Wildman–Crippen MR) is 50.1 cm³/mol. The zero-order valence-electron chi connectivity index (χ0n) is 8.53. The van der Waals surface area contributed by atoms with Crippen LogP contribution in [0.2, 0.25) is 0 Å². The summed E-state index contributed by atoms with van der Waals surface area (Å²) < 4.78 is 36.6. The first-order valence-corrected chi connectivity index (χ1v) is 5.27. The molecular formula is C10H18F3N. The molecule has 0 aromatic carbocycles. The van der Waals surface area contributed by atoms with E-state index in [2.05, 4.69) is 5.32 Å². The second kappa shape index (κ2) is 5.01. The van der Waals surface area contributed by atoms with Gasteiger partial charge in [-0.1, -0.05) is 19.3 Å². The number of hydrogen-bond donors (Lipinski definition) is 1. The van der Waals surface area contributed by atoms with Crippen molar-refractivity contribution in [3.05, 3.63) is 0 Å². The van der Waals surface area contributed by atoms with Gasteiger partial charge in [0.1, 0.15) is 0 Å². The molecule has 0 spiro atoms. The number of halogens is 3. The molecule has 0 saturated heterocycles. The van der Waals surface area contributed by atoms with Crippen molar-refractivity contribution in [2.75, 3.05) is 7.05 Å². The lowest BCUT2D eigenvalue weighted by Gasteiger charge is -2.30. The Morgan fingerprint density at radius 3 is 2.21 bits per heavy atom. The Kier molecular flexibility index (Phi) is 4.23. The van der Waals surface area contributed by atoms with Crippen molar-refractivity contribution in [2.24, 2.45) is 5.92 Å². The van der Waals surface area contributed by atoms with Crippen molar-refractivity contribution in [3.63, 3.8) is 0 Å². The van der Waals surface area contributed by atoms with E-state index >= 15 is 0 Å². The molecule has 1 saturated carbocycles. The summed E-state index contributed by atoms with van der Waals surface area (Å²) in [7, 11) is 1.63. The van der Waals surface area contributed by atoms with Crippen molar-refractivity contribution >= 4 is 0 Å². The molecule has 1 nitrogen and oxygen atoms in total. The molecule has 1 rings (SSSR count). The highest BCUT2D eigenvalue weighted by atomic mass is 19.4. The molecule has 0 heterocycles. The van der Waals surface area contributed by atoms with Crippen molar-refractivity contribution in [3.8, 4) is 0 Å². The quantitative estimate of drug-likeness (QED) is 0.753. The minimum Gasteiger partial charge on any atom is -0.316 e. The zero-order chi connectivity index (χ0) is 10.6. The summed E-state index contributed by atoms with van der Waals surface area (Å²) in [6.07, 6.45) is 0.517. The van der Waals surface area contributed by atoms with E-state index in [9.17, 15) is 13.2 Å². The SMILES string of the molecule is CNC(CC(F)(F)F)C1CCCCC1. The summed E-state index contributed by atoms with van der Waals surface area (Å²) in [5, 5.41) is 2.81. The van der Waals surface area contributed by atoms with Gasteiger partial charge in [-0.05, 0) is 25.8 Å². The van der Waals surface area contributed by atoms with Crippen LogP contribution in [0.15, 0.2) is 0 Å². The summed E-state index contributed by atoms with van der Waals surface area (Å²) >= 11 is 0. The van der Waals surface area contributed by atoms with Gasteiger partial charge in [-0.25, -0.2) is 0 Å². The van der Waals surface area contributed by atoms with Crippen molar-refractivity contribution in [2.45, 2.75) is 50.7 Å². The third-order valence-electron chi connectivity index (χ3n) is 3.04. The van der Waals surface area contributed by atoms with Crippen molar-refractivity contribution < 1.29 is 13.2 Å². The van der Waals surface area contributed by atoms with E-state index in [4.69, 9.17) is 0 Å². The van der Waals surface area contributed by atoms with Crippen LogP contribution in [0.1, 0.15) is 38.5 Å². The maximum Gasteiger partial charge on any atom is 0.390 e. The average molecular weight is 209 g/mol. The number of rotatable bonds is 3. The highest BCUT2D eigenvalue weighted by Crippen LogP contribution is 2.32. The monoisotopic (exact) mass is 209 g/mol. The first-order valence-electron chi connectivity index (χ1n) is 5.27. The molecule has 1 atom stereocenters. The molecule has 0 bridgehead atoms. The Balaban J connectivity index is 2.43. The summed E-state index contributed by atoms with van der Waals surface area (Å²) in [6, 6.07) is -0.379. The van der Waals surface area contributed by atoms with Gasteiger partial charge in [0.15, 0.2) is 0 Å². The lowest BCUT2D eigenvalue weighted by atomic mass is 9.82. The Morgan fingerprint density at radius 2 is 1.79 bits per heavy atom. The van der Waals surface area contributed by atoms with E-state index in [0.717, 1.165) is 25.7 Å². The van der Waals surface area contributed by atoms with E-state index in [1.165, 1.54) is 6.42 Å². The molecule has 0 radical (unpaired) electrons. The molecule has 0 aromatic heterocycles. The molecule has 1 fully saturated rings. The van der Waals surface area contributed by atoms with Crippen LogP contribution in [0.3, 0.4) is 0 Å². The second-order valence-electron chi connectivity index (χ2n) is 4.11. The Bertz CT molecular complexity index is 161. The standard InChI is InChI=1S/C10H18F3N/c1-14-9(7-10(11,12)13)8-5-3-2-4-6-8/h8-9,14H,2-7H2,1H3. The molecule has 84 valence electrons. The Hall–Kier alpha value is -0.250. The number of alkyl halides is 3. The van der Waals surface area contributed by atoms with Gasteiger partial charge in [-0.2, -0.15) is 13.2 Å². The van der Waals surface area contributed by atoms with Crippen molar-refractivity contribution in [1.29, 1.82) is 0 Å². The normalized spacial score (nSPS) is 22.3. The molecule has 1 unspecified atom stereocenters. The fourth-order valence-electron chi connectivity index (χ4n) is 2.29. The fourth-order valence-corrected chi connectivity index (χ4v) is 2.29. The minimum absolute atomic E-state index is 0.218. The van der Waals surface area contributed by atoms with Crippen LogP contribution in [-0.4, -0.2) is 19.3 Å². The summed E-state index contributed by atoms with van der Waals surface area (Å²) in [5.41, 5.74) is 0. The minimum atomic E-state index is -4.04. The Morgan fingerprint density at radius 1 is 1.21 bits per heavy atom. The fraction of sp³-hybridized carbons (Fsp3) is 1.00. The number of hydrogen-bond acceptors (Lipinski definition) is 1. The first kappa shape index (κ1) is 11.8. The van der Waals surface area contributed by atoms with Crippen LogP contribution in [0, 0.1) is 5.92 Å². The predicted octanol–water partition coefficient (Wildman–Crippen LogP) is 3.11. The molecule has 0 amide bonds. The van der Waals surface area contributed by atoms with E-state index in [-0.39, 0.29) is 12.0 Å². The maximum atomic E-state index is 12.2. The van der Waals surface area contributed by atoms with Gasteiger partial charge in [0.05, 0.1) is 6.42 Å². The maximum absolute atomic E-state index is 12.2. The smallest absolute Gasteiger partial charge is 0.316 e. The third kappa shape index (κ3) is 3.86. The molecule has 14 heavy (non-hydrogen) atoms. The van der Waals surface area contributed by atoms with Crippen LogP contribution in [0.4, 0.5) is 13.2 Å². The lowest BCUT2D eigenvalue weighted by molar-refractivity contribution is -0.143. The number of nitrogens with one attached hydrogen (secondary N) is 1. The molecule has 0 aliphatic heterocycles. The van der Waals surface area contributed by atoms with Gasteiger partial charge in [0.2, 0.25) is 0 Å². The average Bonchev–Trinajstić information content (AvgIpc) is 2.14. The highest BCUT2D eigenvalue weighted by Gasteiger charge is 2.35. The van der Waals surface area contributed by atoms with Gasteiger partial charge in [0, 0.05) is 6.04 Å². The van der Waals surface area contributed by atoms with E-state index in [0.29, 0.717) is 0 Å². The largest absolute Gasteiger partial charge is 0.390 e. The second-order valence-corrected chi connectivity index (χ2v) is 4.11. The van der Waals surface area contributed by atoms with Crippen LogP contribution < -0.4 is 5.32 Å². The van der Waals surface area contributed by atoms with Gasteiger partial charge < -0.3 is 5.32 Å². The van der Waals surface area contributed by atoms with E-state index in [1.54, 1.807) is 7.05 Å². The molecular weight excluding hydrogens is 191 g/mol. The highest BCUT2D eigenvalue weighted by molar-refractivity contribution is 4.80. The van der Waals surface area contributed by atoms with Gasteiger partial charge >= 0.3 is 6.18 Å². The molecule has 0 aromatic rings. The van der Waals surface area contributed by atoms with Crippen LogP contribution in [0.5, 0.6) is 0 Å².